The van der Waals surface area contributed by atoms with Crippen molar-refractivity contribution in [3.63, 3.8) is 0 Å². The summed E-state index contributed by atoms with van der Waals surface area (Å²) < 4.78 is 0. The first-order valence-corrected chi connectivity index (χ1v) is 11.1. The third kappa shape index (κ3) is 5.61. The van der Waals surface area contributed by atoms with Gasteiger partial charge in [-0.2, -0.15) is 0 Å². The summed E-state index contributed by atoms with van der Waals surface area (Å²) in [7, 11) is 1.75. The number of carbonyl (C=O) groups is 2. The molecule has 1 aliphatic carbocycles. The van der Waals surface area contributed by atoms with Gasteiger partial charge in [0.15, 0.2) is 5.96 Å². The Morgan fingerprint density at radius 1 is 1.00 bits per heavy atom. The summed E-state index contributed by atoms with van der Waals surface area (Å²) in [6.45, 7) is 6.16. The minimum atomic E-state index is 0.226. The molecule has 0 radical (unpaired) electrons. The third-order valence-corrected chi connectivity index (χ3v) is 6.41. The van der Waals surface area contributed by atoms with Gasteiger partial charge in [0.05, 0.1) is 0 Å². The van der Waals surface area contributed by atoms with Crippen LogP contribution in [0.3, 0.4) is 0 Å². The van der Waals surface area contributed by atoms with Gasteiger partial charge in [-0.3, -0.25) is 14.6 Å². The zero-order chi connectivity index (χ0) is 19.9. The lowest BCUT2D eigenvalue weighted by atomic mass is 10.00. The number of aliphatic imine (C=N–C) groups is 1. The Labute approximate surface area is 169 Å². The fourth-order valence-electron chi connectivity index (χ4n) is 4.76. The van der Waals surface area contributed by atoms with Crippen LogP contribution in [0.2, 0.25) is 0 Å². The molecule has 3 aliphatic rings. The number of guanidine groups is 1. The summed E-state index contributed by atoms with van der Waals surface area (Å²) in [6.07, 6.45) is 8.27. The minimum absolute atomic E-state index is 0.226. The van der Waals surface area contributed by atoms with Crippen molar-refractivity contribution < 1.29 is 9.59 Å². The Morgan fingerprint density at radius 2 is 1.79 bits per heavy atom. The molecule has 0 aromatic rings. The van der Waals surface area contributed by atoms with E-state index in [9.17, 15) is 9.59 Å². The van der Waals surface area contributed by atoms with Gasteiger partial charge in [-0.05, 0) is 38.0 Å². The molecule has 2 N–H and O–H groups in total. The van der Waals surface area contributed by atoms with Crippen molar-refractivity contribution in [2.45, 2.75) is 64.3 Å². The summed E-state index contributed by atoms with van der Waals surface area (Å²) in [5, 5.41) is 6.69. The molecule has 1 saturated carbocycles. The second-order valence-electron chi connectivity index (χ2n) is 8.73. The number of amides is 2. The van der Waals surface area contributed by atoms with E-state index < -0.39 is 0 Å². The Hall–Kier alpha value is -1.79. The standard InChI is InChI=1S/C21H37N5O2/c1-16-6-5-12-25(14-16)19(27)9-11-23-21(22-2)24-18-10-13-26(15-18)20(28)17-7-3-4-8-17/h16-18H,3-15H2,1-2H3,(H2,22,23,24). The van der Waals surface area contributed by atoms with Crippen molar-refractivity contribution in [3.05, 3.63) is 0 Å². The van der Waals surface area contributed by atoms with Gasteiger partial charge in [0.1, 0.15) is 0 Å². The van der Waals surface area contributed by atoms with E-state index in [4.69, 9.17) is 0 Å². The van der Waals surface area contributed by atoms with Crippen LogP contribution < -0.4 is 10.6 Å². The molecule has 3 rings (SSSR count). The van der Waals surface area contributed by atoms with Gasteiger partial charge in [-0.1, -0.05) is 19.8 Å². The molecule has 2 saturated heterocycles. The molecule has 3 fully saturated rings. The Kier molecular flexibility index (Phi) is 7.57. The van der Waals surface area contributed by atoms with Crippen LogP contribution in [0.25, 0.3) is 0 Å². The van der Waals surface area contributed by atoms with E-state index in [2.05, 4.69) is 22.5 Å². The van der Waals surface area contributed by atoms with Crippen LogP contribution >= 0.6 is 0 Å². The van der Waals surface area contributed by atoms with E-state index in [1.807, 2.05) is 9.80 Å². The molecule has 2 aliphatic heterocycles. The minimum Gasteiger partial charge on any atom is -0.356 e. The number of hydrogen-bond acceptors (Lipinski definition) is 3. The fraction of sp³-hybridized carbons (Fsp3) is 0.857. The van der Waals surface area contributed by atoms with Gasteiger partial charge in [0.25, 0.3) is 0 Å². The molecule has 0 aromatic heterocycles. The third-order valence-electron chi connectivity index (χ3n) is 6.41. The Bertz CT molecular complexity index is 573. The molecule has 28 heavy (non-hydrogen) atoms. The smallest absolute Gasteiger partial charge is 0.225 e. The summed E-state index contributed by atoms with van der Waals surface area (Å²) >= 11 is 0. The highest BCUT2D eigenvalue weighted by molar-refractivity contribution is 5.82. The predicted octanol–water partition coefficient (Wildman–Crippen LogP) is 1.59. The topological polar surface area (TPSA) is 77.0 Å². The molecular formula is C21H37N5O2. The first-order chi connectivity index (χ1) is 13.6. The van der Waals surface area contributed by atoms with Crippen LogP contribution in [-0.4, -0.2) is 73.4 Å². The lowest BCUT2D eigenvalue weighted by molar-refractivity contribution is -0.134. The average molecular weight is 392 g/mol. The first kappa shape index (κ1) is 20.9. The number of nitrogens with zero attached hydrogens (tertiary/aromatic N) is 3. The van der Waals surface area contributed by atoms with Crippen molar-refractivity contribution in [3.8, 4) is 0 Å². The zero-order valence-electron chi connectivity index (χ0n) is 17.6. The van der Waals surface area contributed by atoms with Gasteiger partial charge < -0.3 is 20.4 Å². The van der Waals surface area contributed by atoms with E-state index in [0.717, 1.165) is 57.8 Å². The van der Waals surface area contributed by atoms with E-state index >= 15 is 0 Å². The number of rotatable bonds is 5. The number of hydrogen-bond donors (Lipinski definition) is 2. The predicted molar refractivity (Wildman–Crippen MR) is 111 cm³/mol. The maximum atomic E-state index is 12.6. The summed E-state index contributed by atoms with van der Waals surface area (Å²) in [6, 6.07) is 0.232. The average Bonchev–Trinajstić information content (AvgIpc) is 3.38. The van der Waals surface area contributed by atoms with Crippen LogP contribution in [0, 0.1) is 11.8 Å². The molecule has 158 valence electrons. The van der Waals surface area contributed by atoms with E-state index in [0.29, 0.717) is 24.8 Å². The van der Waals surface area contributed by atoms with Gasteiger partial charge in [-0.25, -0.2) is 0 Å². The summed E-state index contributed by atoms with van der Waals surface area (Å²) in [5.41, 5.74) is 0. The van der Waals surface area contributed by atoms with Crippen LogP contribution in [0.5, 0.6) is 0 Å². The number of nitrogens with one attached hydrogen (secondary N) is 2. The Balaban J connectivity index is 1.36. The molecule has 0 spiro atoms. The van der Waals surface area contributed by atoms with E-state index in [1.54, 1.807) is 7.05 Å². The summed E-state index contributed by atoms with van der Waals surface area (Å²) in [4.78, 5) is 33.3. The Morgan fingerprint density at radius 3 is 2.50 bits per heavy atom. The number of piperidine rings is 1. The normalized spacial score (nSPS) is 26.6. The lowest BCUT2D eigenvalue weighted by Gasteiger charge is -2.31. The number of likely N-dealkylation sites (tertiary alicyclic amines) is 2. The van der Waals surface area contributed by atoms with Crippen molar-refractivity contribution in [1.29, 1.82) is 0 Å². The van der Waals surface area contributed by atoms with Crippen molar-refractivity contribution in [1.82, 2.24) is 20.4 Å². The second kappa shape index (κ2) is 10.1. The van der Waals surface area contributed by atoms with Gasteiger partial charge in [0, 0.05) is 58.2 Å². The maximum Gasteiger partial charge on any atom is 0.225 e. The molecule has 0 aromatic carbocycles. The SMILES string of the molecule is CN=C(NCCC(=O)N1CCCC(C)C1)NC1CCN(C(=O)C2CCCC2)C1. The van der Waals surface area contributed by atoms with Crippen molar-refractivity contribution in [2.24, 2.45) is 16.8 Å². The highest BCUT2D eigenvalue weighted by Gasteiger charge is 2.32. The van der Waals surface area contributed by atoms with Crippen LogP contribution in [-0.2, 0) is 9.59 Å². The van der Waals surface area contributed by atoms with E-state index in [1.165, 1.54) is 19.3 Å². The van der Waals surface area contributed by atoms with Crippen LogP contribution in [0.1, 0.15) is 58.3 Å². The molecule has 7 nitrogen and oxygen atoms in total. The largest absolute Gasteiger partial charge is 0.356 e. The van der Waals surface area contributed by atoms with Crippen molar-refractivity contribution >= 4 is 17.8 Å². The van der Waals surface area contributed by atoms with Gasteiger partial charge in [0.2, 0.25) is 11.8 Å². The maximum absolute atomic E-state index is 12.6. The highest BCUT2D eigenvalue weighted by Crippen LogP contribution is 2.27. The van der Waals surface area contributed by atoms with Crippen LogP contribution in [0.15, 0.2) is 4.99 Å². The first-order valence-electron chi connectivity index (χ1n) is 11.1. The summed E-state index contributed by atoms with van der Waals surface area (Å²) in [5.74, 6) is 2.15. The monoisotopic (exact) mass is 391 g/mol. The van der Waals surface area contributed by atoms with E-state index in [-0.39, 0.29) is 17.9 Å². The molecule has 0 bridgehead atoms. The quantitative estimate of drug-likeness (QED) is 0.551. The highest BCUT2D eigenvalue weighted by atomic mass is 16.2. The zero-order valence-corrected chi connectivity index (χ0v) is 17.6. The van der Waals surface area contributed by atoms with Crippen LogP contribution in [0.4, 0.5) is 0 Å². The molecule has 2 amide bonds. The van der Waals surface area contributed by atoms with Crippen molar-refractivity contribution in [2.75, 3.05) is 39.8 Å². The number of carbonyl (C=O) groups excluding carboxylic acids is 2. The van der Waals surface area contributed by atoms with Gasteiger partial charge >= 0.3 is 0 Å². The second-order valence-corrected chi connectivity index (χ2v) is 8.73. The van der Waals surface area contributed by atoms with Gasteiger partial charge in [-0.15, -0.1) is 0 Å². The molecular weight excluding hydrogens is 354 g/mol. The molecule has 2 heterocycles. The molecule has 7 heteroatoms. The fourth-order valence-corrected chi connectivity index (χ4v) is 4.76. The lowest BCUT2D eigenvalue weighted by Crippen LogP contribution is -2.46. The molecule has 2 atom stereocenters. The molecule has 2 unspecified atom stereocenters.